The van der Waals surface area contributed by atoms with Crippen molar-refractivity contribution in [3.05, 3.63) is 86.6 Å². The molecule has 0 spiro atoms. The molecule has 1 fully saturated rings. The van der Waals surface area contributed by atoms with Crippen molar-refractivity contribution in [2.45, 2.75) is 81.9 Å². The van der Waals surface area contributed by atoms with Gasteiger partial charge in [0.1, 0.15) is 11.7 Å². The number of quaternary nitrogens is 1. The van der Waals surface area contributed by atoms with E-state index in [0.29, 0.717) is 43.0 Å². The van der Waals surface area contributed by atoms with Gasteiger partial charge in [0, 0.05) is 34.3 Å². The van der Waals surface area contributed by atoms with E-state index in [9.17, 15) is 20.1 Å². The van der Waals surface area contributed by atoms with Gasteiger partial charge in [-0.1, -0.05) is 69.5 Å². The zero-order valence-electron chi connectivity index (χ0n) is 25.3. The van der Waals surface area contributed by atoms with E-state index in [4.69, 9.17) is 9.26 Å². The number of rotatable bonds is 19. The van der Waals surface area contributed by atoms with Gasteiger partial charge in [0.05, 0.1) is 44.5 Å². The molecule has 1 heterocycles. The summed E-state index contributed by atoms with van der Waals surface area (Å²) in [7, 11) is 2.24. The molecule has 8 atom stereocenters. The molecule has 0 radical (unpaired) electrons. The largest absolute Gasteiger partial charge is 0.454 e. The van der Waals surface area contributed by atoms with Gasteiger partial charge in [0.15, 0.2) is 0 Å². The number of carbonyl (C=O) groups excluding carboxylic acids is 1. The van der Waals surface area contributed by atoms with Crippen LogP contribution in [-0.4, -0.2) is 82.0 Å². The Morgan fingerprint density at radius 1 is 1.17 bits per heavy atom. The Morgan fingerprint density at radius 2 is 1.86 bits per heavy atom. The van der Waals surface area contributed by atoms with Gasteiger partial charge in [0.25, 0.3) is 0 Å². The first-order valence-electron chi connectivity index (χ1n) is 15.2. The van der Waals surface area contributed by atoms with E-state index in [2.05, 4.69) is 35.3 Å². The van der Waals surface area contributed by atoms with Gasteiger partial charge in [-0.3, -0.25) is 0 Å². The van der Waals surface area contributed by atoms with E-state index >= 15 is 0 Å². The quantitative estimate of drug-likeness (QED) is 0.0624. The molecule has 3 N–H and O–H groups in total. The highest BCUT2D eigenvalue weighted by Crippen LogP contribution is 2.30. The van der Waals surface area contributed by atoms with Crippen LogP contribution in [0, 0.1) is 11.8 Å². The lowest BCUT2D eigenvalue weighted by Crippen LogP contribution is -2.53. The molecule has 8 unspecified atom stereocenters. The maximum absolute atomic E-state index is 12.2. The van der Waals surface area contributed by atoms with Crippen LogP contribution in [0.2, 0.25) is 0 Å². The number of ether oxygens (including phenoxy) is 1. The maximum atomic E-state index is 12.2. The first-order valence-corrected chi connectivity index (χ1v) is 15.7. The van der Waals surface area contributed by atoms with Gasteiger partial charge >= 0.3 is 5.97 Å². The molecule has 0 saturated heterocycles. The summed E-state index contributed by atoms with van der Waals surface area (Å²) in [6.45, 7) is 16.4. The van der Waals surface area contributed by atoms with Crippen LogP contribution in [0.25, 0.3) is 0 Å². The number of esters is 1. The highest BCUT2D eigenvalue weighted by molar-refractivity contribution is 7.09. The van der Waals surface area contributed by atoms with Crippen LogP contribution in [-0.2, 0) is 14.1 Å². The zero-order valence-corrected chi connectivity index (χ0v) is 26.5. The third-order valence-corrected chi connectivity index (χ3v) is 8.76. The van der Waals surface area contributed by atoms with Crippen LogP contribution in [0.1, 0.15) is 51.9 Å². The first kappa shape index (κ1) is 36.1. The van der Waals surface area contributed by atoms with Gasteiger partial charge < -0.3 is 29.1 Å². The summed E-state index contributed by atoms with van der Waals surface area (Å²) in [5.41, 5.74) is -1.48. The summed E-state index contributed by atoms with van der Waals surface area (Å²) in [4.78, 5) is 12.0. The summed E-state index contributed by atoms with van der Waals surface area (Å²) in [5, 5.41) is 33.0. The smallest absolute Gasteiger partial charge is 0.331 e. The predicted molar refractivity (Wildman–Crippen MR) is 173 cm³/mol. The minimum absolute atomic E-state index is 0.00123. The van der Waals surface area contributed by atoms with Crippen molar-refractivity contribution in [1.29, 1.82) is 0 Å². The van der Waals surface area contributed by atoms with Crippen LogP contribution >= 0.6 is 9.47 Å². The monoisotopic (exact) mass is 602 g/mol. The van der Waals surface area contributed by atoms with Crippen molar-refractivity contribution in [3.8, 4) is 0 Å². The van der Waals surface area contributed by atoms with Crippen LogP contribution in [0.5, 0.6) is 0 Å². The minimum Gasteiger partial charge on any atom is -0.454 e. The van der Waals surface area contributed by atoms with Crippen molar-refractivity contribution in [2.24, 2.45) is 11.8 Å². The number of allylic oxidation sites excluding steroid dienone is 3. The second kappa shape index (κ2) is 18.5. The molecule has 2 aliphatic rings. The molecule has 1 aliphatic carbocycles. The Bertz CT molecular complexity index is 964. The molecule has 1 aliphatic heterocycles. The van der Waals surface area contributed by atoms with Gasteiger partial charge in [0.2, 0.25) is 0 Å². The lowest BCUT2D eigenvalue weighted by molar-refractivity contribution is -0.912. The fourth-order valence-electron chi connectivity index (χ4n) is 5.94. The second-order valence-corrected chi connectivity index (χ2v) is 12.0. The zero-order chi connectivity index (χ0) is 31.0. The number of cyclic esters (lactones) is 1. The molecule has 234 valence electrons. The highest BCUT2D eigenvalue weighted by Gasteiger charge is 2.39. The normalized spacial score (nSPS) is 26.3. The third kappa shape index (κ3) is 11.5. The van der Waals surface area contributed by atoms with Crippen molar-refractivity contribution < 1.29 is 33.9 Å². The lowest BCUT2D eigenvalue weighted by atomic mass is 9.86. The summed E-state index contributed by atoms with van der Waals surface area (Å²) in [6, 6.07) is 0. The Labute approximate surface area is 255 Å². The standard InChI is InChI=1S/C34H53NO6P/c1-5-21-35(22-6-2,23-7-3)24-20-34(39,19-18-31-28(8-4)16-17-33(38)40-31)32(41-42)26-30(37)14-10-9-12-27-13-11-15-29(36)25-27/h5-7,9-10,12,14,16-19,27-32,36-37,39H,1-3,8,11,13,15,20-26,42H2,4H3/q+1. The molecule has 42 heavy (non-hydrogen) atoms. The van der Waals surface area contributed by atoms with E-state index < -0.39 is 29.9 Å². The van der Waals surface area contributed by atoms with E-state index in [0.717, 1.165) is 32.1 Å². The summed E-state index contributed by atoms with van der Waals surface area (Å²) < 4.78 is 11.9. The van der Waals surface area contributed by atoms with E-state index in [-0.39, 0.29) is 18.4 Å². The Kier molecular flexibility index (Phi) is 15.9. The number of hydrogen-bond acceptors (Lipinski definition) is 6. The Morgan fingerprint density at radius 3 is 2.45 bits per heavy atom. The third-order valence-electron chi connectivity index (χ3n) is 8.43. The average Bonchev–Trinajstić information content (AvgIpc) is 2.96. The van der Waals surface area contributed by atoms with E-state index in [1.165, 1.54) is 6.08 Å². The average molecular weight is 603 g/mol. The van der Waals surface area contributed by atoms with Crippen LogP contribution < -0.4 is 0 Å². The number of aliphatic hydroxyl groups excluding tert-OH is 2. The number of carbonyl (C=O) groups is 1. The summed E-state index contributed by atoms with van der Waals surface area (Å²) in [6.07, 6.45) is 22.3. The van der Waals surface area contributed by atoms with Crippen LogP contribution in [0.4, 0.5) is 0 Å². The summed E-state index contributed by atoms with van der Waals surface area (Å²) in [5.74, 6) is -0.0716. The molecule has 0 bridgehead atoms. The predicted octanol–water partition coefficient (Wildman–Crippen LogP) is 5.14. The van der Waals surface area contributed by atoms with E-state index in [1.807, 2.05) is 37.3 Å². The number of aliphatic hydroxyl groups is 3. The number of nitrogens with zero attached hydrogens (tertiary/aromatic N) is 1. The van der Waals surface area contributed by atoms with Crippen molar-refractivity contribution in [3.63, 3.8) is 0 Å². The van der Waals surface area contributed by atoms with Gasteiger partial charge in [-0.25, -0.2) is 4.79 Å². The van der Waals surface area contributed by atoms with Gasteiger partial charge in [-0.2, -0.15) is 0 Å². The molecule has 7 nitrogen and oxygen atoms in total. The fourth-order valence-corrected chi connectivity index (χ4v) is 6.28. The van der Waals surface area contributed by atoms with Crippen molar-refractivity contribution in [1.82, 2.24) is 0 Å². The molecule has 2 rings (SSSR count). The topological polar surface area (TPSA) is 96.2 Å². The first-order chi connectivity index (χ1) is 20.1. The minimum atomic E-state index is -1.48. The molecule has 0 aromatic carbocycles. The second-order valence-electron chi connectivity index (χ2n) is 11.7. The van der Waals surface area contributed by atoms with Crippen LogP contribution in [0.3, 0.4) is 0 Å². The van der Waals surface area contributed by atoms with Gasteiger partial charge in [-0.05, 0) is 55.9 Å². The van der Waals surface area contributed by atoms with Crippen molar-refractivity contribution in [2.75, 3.05) is 26.2 Å². The Hall–Kier alpha value is -2.12. The fraction of sp³-hybridized carbons (Fsp3) is 0.559. The summed E-state index contributed by atoms with van der Waals surface area (Å²) >= 11 is 0. The molecule has 0 aromatic rings. The molecule has 0 amide bonds. The lowest BCUT2D eigenvalue weighted by Gasteiger charge is -2.40. The molecule has 0 aromatic heterocycles. The highest BCUT2D eigenvalue weighted by atomic mass is 31.0. The SMILES string of the molecule is C=CC[N+](CC=C)(CC=C)CCC(O)(C=CC1OC(=O)C=CC1CC)C(CC(O)C=CC=CC1CCCC(O)C1)OP. The molecule has 1 saturated carbocycles. The maximum Gasteiger partial charge on any atom is 0.331 e. The number of hydrogen-bond donors (Lipinski definition) is 3. The molecule has 8 heteroatoms. The molecular weight excluding hydrogens is 549 g/mol. The van der Waals surface area contributed by atoms with Crippen LogP contribution in [0.15, 0.2) is 86.6 Å². The van der Waals surface area contributed by atoms with Crippen molar-refractivity contribution >= 4 is 15.4 Å². The van der Waals surface area contributed by atoms with E-state index in [1.54, 1.807) is 24.3 Å². The Balaban J connectivity index is 2.27. The van der Waals surface area contributed by atoms with Gasteiger partial charge in [-0.15, -0.1) is 0 Å². The molecular formula is C34H53NO6P+.